The first-order valence-corrected chi connectivity index (χ1v) is 10.8. The Labute approximate surface area is 174 Å². The van der Waals surface area contributed by atoms with Crippen molar-refractivity contribution in [3.05, 3.63) is 65.7 Å². The van der Waals surface area contributed by atoms with E-state index in [2.05, 4.69) is 10.6 Å². The minimum absolute atomic E-state index is 0.00637. The molecule has 0 unspecified atom stereocenters. The molecular formula is C20H22N4O5S. The van der Waals surface area contributed by atoms with Gasteiger partial charge in [-0.15, -0.1) is 0 Å². The Balaban J connectivity index is 1.46. The molecule has 30 heavy (non-hydrogen) atoms. The number of urea groups is 1. The van der Waals surface area contributed by atoms with Crippen molar-refractivity contribution in [2.75, 3.05) is 0 Å². The second kappa shape index (κ2) is 9.06. The molecule has 1 aliphatic heterocycles. The minimum Gasteiger partial charge on any atom is -0.352 e. The first-order chi connectivity index (χ1) is 14.2. The third kappa shape index (κ3) is 5.43. The summed E-state index contributed by atoms with van der Waals surface area (Å²) in [5.74, 6) is -0.635. The van der Waals surface area contributed by atoms with E-state index < -0.39 is 22.1 Å². The van der Waals surface area contributed by atoms with Gasteiger partial charge in [0, 0.05) is 13.0 Å². The lowest BCUT2D eigenvalue weighted by molar-refractivity contribution is -0.128. The number of nitrogens with one attached hydrogen (secondary N) is 2. The van der Waals surface area contributed by atoms with Crippen LogP contribution in [0.2, 0.25) is 0 Å². The summed E-state index contributed by atoms with van der Waals surface area (Å²) in [6, 6.07) is 13.8. The number of nitrogens with zero attached hydrogens (tertiary/aromatic N) is 1. The number of amides is 4. The zero-order valence-corrected chi connectivity index (χ0v) is 16.9. The van der Waals surface area contributed by atoms with Crippen molar-refractivity contribution in [1.29, 1.82) is 0 Å². The van der Waals surface area contributed by atoms with Crippen LogP contribution in [0.25, 0.3) is 0 Å². The van der Waals surface area contributed by atoms with Gasteiger partial charge in [-0.3, -0.25) is 14.5 Å². The Kier molecular flexibility index (Phi) is 6.48. The summed E-state index contributed by atoms with van der Waals surface area (Å²) in [6.07, 6.45) is 0.247. The number of hydrogen-bond acceptors (Lipinski definition) is 5. The van der Waals surface area contributed by atoms with Gasteiger partial charge in [-0.25, -0.2) is 18.4 Å². The molecule has 2 aromatic carbocycles. The zero-order valence-electron chi connectivity index (χ0n) is 16.1. The monoisotopic (exact) mass is 430 g/mol. The molecule has 10 heteroatoms. The molecule has 4 N–H and O–H groups in total. The molecule has 158 valence electrons. The summed E-state index contributed by atoms with van der Waals surface area (Å²) in [5, 5.41) is 10.4. The number of nitrogens with two attached hydrogens (primary N) is 1. The van der Waals surface area contributed by atoms with Crippen molar-refractivity contribution in [2.45, 2.75) is 36.9 Å². The molecule has 0 aromatic heterocycles. The number of imide groups is 1. The normalized spacial score (nSPS) is 16.4. The number of sulfonamides is 1. The Morgan fingerprint density at radius 2 is 1.70 bits per heavy atom. The summed E-state index contributed by atoms with van der Waals surface area (Å²) in [5.41, 5.74) is 1.54. The van der Waals surface area contributed by atoms with Gasteiger partial charge in [0.25, 0.3) is 5.91 Å². The van der Waals surface area contributed by atoms with E-state index in [-0.39, 0.29) is 42.6 Å². The lowest BCUT2D eigenvalue weighted by atomic mass is 10.1. The summed E-state index contributed by atoms with van der Waals surface area (Å²) in [7, 11) is -3.76. The number of hydrogen-bond donors (Lipinski definition) is 3. The van der Waals surface area contributed by atoms with Crippen LogP contribution in [-0.2, 0) is 32.7 Å². The van der Waals surface area contributed by atoms with E-state index in [1.807, 2.05) is 30.3 Å². The quantitative estimate of drug-likeness (QED) is 0.533. The first-order valence-electron chi connectivity index (χ1n) is 9.28. The van der Waals surface area contributed by atoms with E-state index in [9.17, 15) is 22.8 Å². The van der Waals surface area contributed by atoms with Crippen LogP contribution in [-0.4, -0.2) is 37.2 Å². The van der Waals surface area contributed by atoms with Crippen LogP contribution < -0.4 is 15.8 Å². The van der Waals surface area contributed by atoms with Crippen LogP contribution in [0, 0.1) is 0 Å². The van der Waals surface area contributed by atoms with Crippen LogP contribution in [0.3, 0.4) is 0 Å². The van der Waals surface area contributed by atoms with E-state index >= 15 is 0 Å². The van der Waals surface area contributed by atoms with Gasteiger partial charge in [0.2, 0.25) is 15.9 Å². The maximum atomic E-state index is 12.5. The average molecular weight is 430 g/mol. The van der Waals surface area contributed by atoms with E-state index in [0.29, 0.717) is 5.56 Å². The zero-order chi connectivity index (χ0) is 21.7. The van der Waals surface area contributed by atoms with Gasteiger partial charge in [0.05, 0.1) is 11.4 Å². The number of benzene rings is 2. The van der Waals surface area contributed by atoms with Crippen LogP contribution in [0.15, 0.2) is 59.5 Å². The Hall–Kier alpha value is -3.24. The molecule has 0 aliphatic carbocycles. The second-order valence-corrected chi connectivity index (χ2v) is 8.48. The molecule has 1 saturated heterocycles. The summed E-state index contributed by atoms with van der Waals surface area (Å²) in [4.78, 5) is 37.8. The third-order valence-electron chi connectivity index (χ3n) is 4.69. The fourth-order valence-electron chi connectivity index (χ4n) is 3.05. The minimum atomic E-state index is -3.76. The van der Waals surface area contributed by atoms with Crippen LogP contribution in [0.5, 0.6) is 0 Å². The van der Waals surface area contributed by atoms with Crippen molar-refractivity contribution in [3.8, 4) is 0 Å². The smallest absolute Gasteiger partial charge is 0.325 e. The van der Waals surface area contributed by atoms with Gasteiger partial charge in [-0.2, -0.15) is 0 Å². The number of primary sulfonamides is 1. The largest absolute Gasteiger partial charge is 0.352 e. The molecule has 4 amide bonds. The summed E-state index contributed by atoms with van der Waals surface area (Å²) < 4.78 is 22.5. The maximum absolute atomic E-state index is 12.5. The molecule has 1 aliphatic rings. The van der Waals surface area contributed by atoms with Crippen molar-refractivity contribution in [1.82, 2.24) is 15.5 Å². The fraction of sp³-hybridized carbons (Fsp3) is 0.250. The average Bonchev–Trinajstić information content (AvgIpc) is 2.98. The molecule has 3 rings (SSSR count). The Morgan fingerprint density at radius 3 is 2.33 bits per heavy atom. The van der Waals surface area contributed by atoms with Gasteiger partial charge in [-0.05, 0) is 29.7 Å². The van der Waals surface area contributed by atoms with Gasteiger partial charge < -0.3 is 10.6 Å². The third-order valence-corrected chi connectivity index (χ3v) is 5.62. The number of rotatable bonds is 8. The molecule has 0 radical (unpaired) electrons. The van der Waals surface area contributed by atoms with Crippen molar-refractivity contribution in [3.63, 3.8) is 0 Å². The van der Waals surface area contributed by atoms with Crippen LogP contribution >= 0.6 is 0 Å². The molecule has 1 fully saturated rings. The Morgan fingerprint density at radius 1 is 1.03 bits per heavy atom. The summed E-state index contributed by atoms with van der Waals surface area (Å²) >= 11 is 0. The SMILES string of the molecule is NS(=O)(=O)c1ccc(CNC(=O)CC[C@H]2NC(=O)N(Cc3ccccc3)C2=O)cc1. The second-order valence-electron chi connectivity index (χ2n) is 6.92. The number of carbonyl (C=O) groups excluding carboxylic acids is 3. The highest BCUT2D eigenvalue weighted by atomic mass is 32.2. The van der Waals surface area contributed by atoms with Gasteiger partial charge in [0.1, 0.15) is 6.04 Å². The highest BCUT2D eigenvalue weighted by molar-refractivity contribution is 7.89. The Bertz CT molecular complexity index is 1040. The molecule has 0 saturated carbocycles. The van der Waals surface area contributed by atoms with E-state index in [0.717, 1.165) is 10.5 Å². The van der Waals surface area contributed by atoms with Gasteiger partial charge in [0.15, 0.2) is 0 Å². The van der Waals surface area contributed by atoms with Crippen LogP contribution in [0.1, 0.15) is 24.0 Å². The van der Waals surface area contributed by atoms with E-state index in [4.69, 9.17) is 5.14 Å². The molecule has 0 bridgehead atoms. The molecule has 9 nitrogen and oxygen atoms in total. The summed E-state index contributed by atoms with van der Waals surface area (Å²) in [6.45, 7) is 0.386. The predicted octanol–water partition coefficient (Wildman–Crippen LogP) is 0.851. The fourth-order valence-corrected chi connectivity index (χ4v) is 3.57. The van der Waals surface area contributed by atoms with Crippen molar-refractivity contribution in [2.24, 2.45) is 5.14 Å². The molecule has 1 heterocycles. The highest BCUT2D eigenvalue weighted by Gasteiger charge is 2.37. The lowest BCUT2D eigenvalue weighted by Crippen LogP contribution is -2.32. The standard InChI is InChI=1S/C20H22N4O5S/c21-30(28,29)16-8-6-14(7-9-16)12-22-18(25)11-10-17-19(26)24(20(27)23-17)13-15-4-2-1-3-5-15/h1-9,17H,10-13H2,(H,22,25)(H,23,27)(H2,21,28,29)/t17-/m1/s1. The molecule has 1 atom stereocenters. The van der Waals surface area contributed by atoms with Crippen LogP contribution in [0.4, 0.5) is 4.79 Å². The molecule has 2 aromatic rings. The topological polar surface area (TPSA) is 139 Å². The predicted molar refractivity (Wildman–Crippen MR) is 108 cm³/mol. The maximum Gasteiger partial charge on any atom is 0.325 e. The van der Waals surface area contributed by atoms with E-state index in [1.54, 1.807) is 12.1 Å². The number of carbonyl (C=O) groups is 3. The van der Waals surface area contributed by atoms with Crippen molar-refractivity contribution < 1.29 is 22.8 Å². The van der Waals surface area contributed by atoms with Gasteiger partial charge >= 0.3 is 6.03 Å². The first kappa shape index (κ1) is 21.5. The molecule has 0 spiro atoms. The lowest BCUT2D eigenvalue weighted by Gasteiger charge is -2.13. The molecular weight excluding hydrogens is 408 g/mol. The van der Waals surface area contributed by atoms with E-state index in [1.165, 1.54) is 12.1 Å². The highest BCUT2D eigenvalue weighted by Crippen LogP contribution is 2.15. The van der Waals surface area contributed by atoms with Crippen molar-refractivity contribution >= 4 is 27.9 Å². The van der Waals surface area contributed by atoms with Gasteiger partial charge in [-0.1, -0.05) is 42.5 Å².